The quantitative estimate of drug-likeness (QED) is 0.372. The maximum Gasteiger partial charge on any atom is 0.239 e. The minimum atomic E-state index is -2.91. The fraction of sp³-hybridized carbons (Fsp3) is 0.556. The lowest BCUT2D eigenvalue weighted by atomic mass is 10.3. The van der Waals surface area contributed by atoms with E-state index in [1.165, 1.54) is 6.26 Å². The number of hydrogen-bond donors (Lipinski definition) is 3. The Hall–Kier alpha value is -1.41. The summed E-state index contributed by atoms with van der Waals surface area (Å²) in [6, 6.07) is 0. The molecule has 0 aliphatic carbocycles. The molecule has 0 spiro atoms. The Morgan fingerprint density at radius 3 is 2.76 bits per heavy atom. The molecule has 7 nitrogen and oxygen atoms in total. The molecule has 0 radical (unpaired) electrons. The maximum atomic E-state index is 10.9. The molecular weight excluding hydrogens is 242 g/mol. The molecule has 1 rings (SSSR count). The first kappa shape index (κ1) is 13.7. The van der Waals surface area contributed by atoms with Crippen molar-refractivity contribution in [3.05, 3.63) is 11.8 Å². The van der Waals surface area contributed by atoms with E-state index < -0.39 is 9.84 Å². The van der Waals surface area contributed by atoms with Crippen molar-refractivity contribution < 1.29 is 8.42 Å². The number of aromatic nitrogens is 2. The van der Waals surface area contributed by atoms with Gasteiger partial charge in [-0.3, -0.25) is 5.43 Å². The lowest BCUT2D eigenvalue weighted by molar-refractivity contribution is 0.600. The predicted molar refractivity (Wildman–Crippen MR) is 67.4 cm³/mol. The third-order valence-electron chi connectivity index (χ3n) is 2.09. The number of nitrogen functional groups attached to an aromatic ring is 1. The summed E-state index contributed by atoms with van der Waals surface area (Å²) >= 11 is 0. The van der Waals surface area contributed by atoms with Crippen LogP contribution in [0.2, 0.25) is 0 Å². The van der Waals surface area contributed by atoms with Gasteiger partial charge in [0.2, 0.25) is 5.95 Å². The van der Waals surface area contributed by atoms with Crippen LogP contribution in [0.25, 0.3) is 0 Å². The van der Waals surface area contributed by atoms with Gasteiger partial charge in [0.15, 0.2) is 0 Å². The van der Waals surface area contributed by atoms with Gasteiger partial charge in [0, 0.05) is 24.6 Å². The second-order valence-corrected chi connectivity index (χ2v) is 6.04. The molecule has 96 valence electrons. The van der Waals surface area contributed by atoms with Crippen LogP contribution in [0.15, 0.2) is 6.20 Å². The number of anilines is 2. The van der Waals surface area contributed by atoms with E-state index in [1.807, 2.05) is 6.92 Å². The largest absolute Gasteiger partial charge is 0.370 e. The van der Waals surface area contributed by atoms with Crippen molar-refractivity contribution in [1.82, 2.24) is 9.97 Å². The van der Waals surface area contributed by atoms with Crippen molar-refractivity contribution in [2.24, 2.45) is 5.84 Å². The summed E-state index contributed by atoms with van der Waals surface area (Å²) in [7, 11) is -2.91. The predicted octanol–water partition coefficient (Wildman–Crippen LogP) is -0.0828. The molecule has 0 aliphatic heterocycles. The van der Waals surface area contributed by atoms with Gasteiger partial charge in [0.1, 0.15) is 15.7 Å². The normalized spacial score (nSPS) is 11.2. The van der Waals surface area contributed by atoms with Crippen LogP contribution < -0.4 is 16.6 Å². The third-order valence-corrected chi connectivity index (χ3v) is 3.12. The Bertz CT molecular complexity index is 474. The zero-order valence-electron chi connectivity index (χ0n) is 9.90. The number of nitrogens with zero attached hydrogens (tertiary/aromatic N) is 2. The van der Waals surface area contributed by atoms with Crippen molar-refractivity contribution in [3.63, 3.8) is 0 Å². The van der Waals surface area contributed by atoms with Gasteiger partial charge in [-0.15, -0.1) is 0 Å². The molecule has 4 N–H and O–H groups in total. The minimum absolute atomic E-state index is 0.159. The summed E-state index contributed by atoms with van der Waals surface area (Å²) in [5.41, 5.74) is 3.23. The molecule has 17 heavy (non-hydrogen) atoms. The lowest BCUT2D eigenvalue weighted by Gasteiger charge is -2.09. The number of aryl methyl sites for hydroxylation is 1. The standard InChI is InChI=1S/C9H17N5O2S/c1-7-6-12-9(14-10)13-8(7)11-4-3-5-17(2,15)16/h6H,3-5,10H2,1-2H3,(H2,11,12,13,14). The number of hydrazine groups is 1. The van der Waals surface area contributed by atoms with E-state index in [4.69, 9.17) is 5.84 Å². The van der Waals surface area contributed by atoms with Crippen molar-refractivity contribution >= 4 is 21.6 Å². The third kappa shape index (κ3) is 4.96. The van der Waals surface area contributed by atoms with Gasteiger partial charge in [0.25, 0.3) is 0 Å². The highest BCUT2D eigenvalue weighted by atomic mass is 32.2. The smallest absolute Gasteiger partial charge is 0.239 e. The summed E-state index contributed by atoms with van der Waals surface area (Å²) in [6.07, 6.45) is 3.40. The van der Waals surface area contributed by atoms with Crippen molar-refractivity contribution in [2.75, 3.05) is 29.3 Å². The van der Waals surface area contributed by atoms with E-state index >= 15 is 0 Å². The van der Waals surface area contributed by atoms with E-state index in [-0.39, 0.29) is 5.75 Å². The van der Waals surface area contributed by atoms with Crippen LogP contribution in [0.5, 0.6) is 0 Å². The molecule has 0 saturated heterocycles. The fourth-order valence-electron chi connectivity index (χ4n) is 1.23. The van der Waals surface area contributed by atoms with Gasteiger partial charge < -0.3 is 5.32 Å². The van der Waals surface area contributed by atoms with Gasteiger partial charge in [-0.25, -0.2) is 19.2 Å². The molecular formula is C9H17N5O2S. The Labute approximate surface area is 101 Å². The summed E-state index contributed by atoms with van der Waals surface area (Å²) in [6.45, 7) is 2.40. The van der Waals surface area contributed by atoms with Crippen molar-refractivity contribution in [1.29, 1.82) is 0 Å². The van der Waals surface area contributed by atoms with E-state index in [0.29, 0.717) is 24.7 Å². The topological polar surface area (TPSA) is 110 Å². The first-order valence-electron chi connectivity index (χ1n) is 5.14. The number of nitrogens with one attached hydrogen (secondary N) is 2. The molecule has 1 aromatic rings. The molecule has 0 saturated carbocycles. The summed E-state index contributed by atoms with van der Waals surface area (Å²) < 4.78 is 21.9. The maximum absolute atomic E-state index is 10.9. The highest BCUT2D eigenvalue weighted by Crippen LogP contribution is 2.11. The average Bonchev–Trinajstić information content (AvgIpc) is 2.25. The van der Waals surface area contributed by atoms with Gasteiger partial charge in [-0.2, -0.15) is 4.98 Å². The van der Waals surface area contributed by atoms with Crippen LogP contribution in [0.3, 0.4) is 0 Å². The number of sulfone groups is 1. The van der Waals surface area contributed by atoms with Crippen LogP contribution in [0.1, 0.15) is 12.0 Å². The first-order chi connectivity index (χ1) is 7.92. The Morgan fingerprint density at radius 2 is 2.18 bits per heavy atom. The number of hydrogen-bond acceptors (Lipinski definition) is 7. The van der Waals surface area contributed by atoms with Crippen LogP contribution in [-0.2, 0) is 9.84 Å². The van der Waals surface area contributed by atoms with Crippen molar-refractivity contribution in [3.8, 4) is 0 Å². The van der Waals surface area contributed by atoms with Crippen molar-refractivity contribution in [2.45, 2.75) is 13.3 Å². The number of nitrogens with two attached hydrogens (primary N) is 1. The second-order valence-electron chi connectivity index (χ2n) is 3.78. The molecule has 0 aromatic carbocycles. The van der Waals surface area contributed by atoms with Crippen LogP contribution in [-0.4, -0.2) is 36.9 Å². The molecule has 1 heterocycles. The monoisotopic (exact) mass is 259 g/mol. The van der Waals surface area contributed by atoms with E-state index in [1.54, 1.807) is 6.20 Å². The molecule has 0 aliphatic rings. The first-order valence-corrected chi connectivity index (χ1v) is 7.20. The summed E-state index contributed by atoms with van der Waals surface area (Å²) in [5.74, 6) is 6.33. The number of rotatable bonds is 6. The van der Waals surface area contributed by atoms with Gasteiger partial charge >= 0.3 is 0 Å². The molecule has 0 atom stereocenters. The van der Waals surface area contributed by atoms with Crippen LogP contribution >= 0.6 is 0 Å². The average molecular weight is 259 g/mol. The minimum Gasteiger partial charge on any atom is -0.370 e. The van der Waals surface area contributed by atoms with Crippen LogP contribution in [0, 0.1) is 6.92 Å². The highest BCUT2D eigenvalue weighted by molar-refractivity contribution is 7.90. The Kier molecular flexibility index (Phi) is 4.64. The Balaban J connectivity index is 2.51. The molecule has 0 amide bonds. The summed E-state index contributed by atoms with van der Waals surface area (Å²) in [4.78, 5) is 8.06. The highest BCUT2D eigenvalue weighted by Gasteiger charge is 2.04. The second kappa shape index (κ2) is 5.78. The van der Waals surface area contributed by atoms with Crippen LogP contribution in [0.4, 0.5) is 11.8 Å². The fourth-order valence-corrected chi connectivity index (χ4v) is 1.90. The lowest BCUT2D eigenvalue weighted by Crippen LogP contribution is -2.14. The molecule has 0 unspecified atom stereocenters. The van der Waals surface area contributed by atoms with E-state index in [0.717, 1.165) is 5.56 Å². The molecule has 0 fully saturated rings. The zero-order chi connectivity index (χ0) is 12.9. The zero-order valence-corrected chi connectivity index (χ0v) is 10.7. The van der Waals surface area contributed by atoms with E-state index in [2.05, 4.69) is 20.7 Å². The van der Waals surface area contributed by atoms with E-state index in [9.17, 15) is 8.42 Å². The summed E-state index contributed by atoms with van der Waals surface area (Å²) in [5, 5.41) is 3.05. The SMILES string of the molecule is Cc1cnc(NN)nc1NCCCS(C)(=O)=O. The Morgan fingerprint density at radius 1 is 1.47 bits per heavy atom. The molecule has 8 heteroatoms. The van der Waals surface area contributed by atoms with Gasteiger partial charge in [-0.05, 0) is 13.3 Å². The van der Waals surface area contributed by atoms with Gasteiger partial charge in [0.05, 0.1) is 5.75 Å². The molecule has 1 aromatic heterocycles. The van der Waals surface area contributed by atoms with Gasteiger partial charge in [-0.1, -0.05) is 0 Å². The molecule has 0 bridgehead atoms.